The van der Waals surface area contributed by atoms with E-state index in [1.165, 1.54) is 11.3 Å². The van der Waals surface area contributed by atoms with Gasteiger partial charge in [0, 0.05) is 23.8 Å². The summed E-state index contributed by atoms with van der Waals surface area (Å²) in [5.41, 5.74) is 2.42. The molecule has 0 N–H and O–H groups in total. The molecule has 0 radical (unpaired) electrons. The molecule has 0 aliphatic rings. The Labute approximate surface area is 106 Å². The first-order valence-corrected chi connectivity index (χ1v) is 6.24. The second-order valence-corrected chi connectivity index (χ2v) is 4.96. The molecule has 0 heterocycles. The van der Waals surface area contributed by atoms with Gasteiger partial charge in [0.05, 0.1) is 12.0 Å². The highest BCUT2D eigenvalue weighted by atomic mass is 79.9. The highest BCUT2D eigenvalue weighted by Crippen LogP contribution is 2.24. The molecule has 0 saturated carbocycles. The molecule has 0 aliphatic heterocycles. The van der Waals surface area contributed by atoms with Crippen LogP contribution in [0.1, 0.15) is 18.9 Å². The van der Waals surface area contributed by atoms with Gasteiger partial charge in [0.2, 0.25) is 0 Å². The maximum atomic E-state index is 8.96. The average molecular weight is 281 g/mol. The van der Waals surface area contributed by atoms with Gasteiger partial charge in [-0.2, -0.15) is 5.26 Å². The second kappa shape index (κ2) is 5.91. The first-order chi connectivity index (χ1) is 7.58. The molecule has 1 aromatic rings. The first kappa shape index (κ1) is 13.1. The van der Waals surface area contributed by atoms with E-state index in [1.54, 1.807) is 0 Å². The maximum Gasteiger partial charge on any atom is 0.0674 e. The van der Waals surface area contributed by atoms with Gasteiger partial charge < -0.3 is 4.90 Å². The van der Waals surface area contributed by atoms with Gasteiger partial charge in [-0.1, -0.05) is 28.9 Å². The van der Waals surface area contributed by atoms with E-state index >= 15 is 0 Å². The molecule has 16 heavy (non-hydrogen) atoms. The van der Waals surface area contributed by atoms with E-state index in [9.17, 15) is 0 Å². The Morgan fingerprint density at radius 3 is 2.75 bits per heavy atom. The van der Waals surface area contributed by atoms with Crippen LogP contribution in [0.3, 0.4) is 0 Å². The fraction of sp³-hybridized carbons (Fsp3) is 0.462. The maximum absolute atomic E-state index is 8.96. The van der Waals surface area contributed by atoms with Gasteiger partial charge >= 0.3 is 0 Å². The van der Waals surface area contributed by atoms with Crippen molar-refractivity contribution in [2.24, 2.45) is 5.92 Å². The van der Waals surface area contributed by atoms with Crippen LogP contribution in [0.15, 0.2) is 22.7 Å². The quantitative estimate of drug-likeness (QED) is 0.840. The van der Waals surface area contributed by atoms with Crippen molar-refractivity contribution in [2.45, 2.75) is 20.3 Å². The van der Waals surface area contributed by atoms with Crippen LogP contribution in [0.4, 0.5) is 5.69 Å². The lowest BCUT2D eigenvalue weighted by Gasteiger charge is -2.23. The summed E-state index contributed by atoms with van der Waals surface area (Å²) in [5, 5.41) is 8.96. The molecule has 1 rings (SSSR count). The van der Waals surface area contributed by atoms with Gasteiger partial charge in [-0.25, -0.2) is 0 Å². The Balaban J connectivity index is 2.84. The zero-order chi connectivity index (χ0) is 12.1. The SMILES string of the molecule is CCC(C#N)CN(C)c1cc(Br)ccc1C. The molecule has 0 aliphatic carbocycles. The molecule has 2 nitrogen and oxygen atoms in total. The number of hydrogen-bond donors (Lipinski definition) is 0. The lowest BCUT2D eigenvalue weighted by Crippen LogP contribution is -2.25. The van der Waals surface area contributed by atoms with E-state index in [2.05, 4.69) is 52.9 Å². The predicted octanol–water partition coefficient (Wildman–Crippen LogP) is 3.74. The molecule has 0 bridgehead atoms. The standard InChI is InChI=1S/C13H17BrN2/c1-4-11(8-15)9-16(3)13-7-12(14)6-5-10(13)2/h5-7,11H,4,9H2,1-3H3. The average Bonchev–Trinajstić information content (AvgIpc) is 2.28. The van der Waals surface area contributed by atoms with Gasteiger partial charge in [0.15, 0.2) is 0 Å². The number of benzene rings is 1. The third kappa shape index (κ3) is 3.24. The van der Waals surface area contributed by atoms with Gasteiger partial charge in [-0.3, -0.25) is 0 Å². The van der Waals surface area contributed by atoms with Crippen LogP contribution in [0.25, 0.3) is 0 Å². The van der Waals surface area contributed by atoms with Gasteiger partial charge in [0.1, 0.15) is 0 Å². The number of rotatable bonds is 4. The Hall–Kier alpha value is -1.01. The minimum absolute atomic E-state index is 0.100. The van der Waals surface area contributed by atoms with Crippen LogP contribution in [0, 0.1) is 24.2 Å². The third-order valence-electron chi connectivity index (χ3n) is 2.75. The lowest BCUT2D eigenvalue weighted by atomic mass is 10.1. The van der Waals surface area contributed by atoms with Crippen LogP contribution in [-0.4, -0.2) is 13.6 Å². The van der Waals surface area contributed by atoms with Crippen LogP contribution in [-0.2, 0) is 0 Å². The molecule has 1 atom stereocenters. The molecule has 1 aromatic carbocycles. The molecule has 86 valence electrons. The normalized spacial score (nSPS) is 11.9. The first-order valence-electron chi connectivity index (χ1n) is 5.45. The van der Waals surface area contributed by atoms with E-state index in [1.807, 2.05) is 13.1 Å². The molecule has 0 amide bonds. The van der Waals surface area contributed by atoms with Crippen LogP contribution in [0.2, 0.25) is 0 Å². The third-order valence-corrected chi connectivity index (χ3v) is 3.25. The highest BCUT2D eigenvalue weighted by molar-refractivity contribution is 9.10. The number of aryl methyl sites for hydroxylation is 1. The smallest absolute Gasteiger partial charge is 0.0674 e. The van der Waals surface area contributed by atoms with Crippen LogP contribution < -0.4 is 4.90 Å². The molecule has 1 unspecified atom stereocenters. The molecule has 0 aromatic heterocycles. The number of anilines is 1. The number of nitrogens with zero attached hydrogens (tertiary/aromatic N) is 2. The second-order valence-electron chi connectivity index (χ2n) is 4.05. The number of nitriles is 1. The van der Waals surface area contributed by atoms with Crippen molar-refractivity contribution in [3.63, 3.8) is 0 Å². The predicted molar refractivity (Wildman–Crippen MR) is 71.5 cm³/mol. The van der Waals surface area contributed by atoms with Crippen molar-refractivity contribution in [3.8, 4) is 6.07 Å². The molecule has 0 fully saturated rings. The van der Waals surface area contributed by atoms with Crippen molar-refractivity contribution in [2.75, 3.05) is 18.5 Å². The van der Waals surface area contributed by atoms with Crippen molar-refractivity contribution in [3.05, 3.63) is 28.2 Å². The Morgan fingerprint density at radius 1 is 1.50 bits per heavy atom. The summed E-state index contributed by atoms with van der Waals surface area (Å²) in [6.07, 6.45) is 0.897. The van der Waals surface area contributed by atoms with Crippen molar-refractivity contribution in [1.82, 2.24) is 0 Å². The fourth-order valence-corrected chi connectivity index (χ4v) is 2.03. The summed E-state index contributed by atoms with van der Waals surface area (Å²) >= 11 is 3.47. The largest absolute Gasteiger partial charge is 0.373 e. The van der Waals surface area contributed by atoms with Gasteiger partial charge in [-0.05, 0) is 31.0 Å². The molecule has 3 heteroatoms. The van der Waals surface area contributed by atoms with E-state index in [0.717, 1.165) is 17.4 Å². The minimum atomic E-state index is 0.100. The number of hydrogen-bond acceptors (Lipinski definition) is 2. The van der Waals surface area contributed by atoms with Crippen molar-refractivity contribution < 1.29 is 0 Å². The summed E-state index contributed by atoms with van der Waals surface area (Å²) < 4.78 is 1.07. The lowest BCUT2D eigenvalue weighted by molar-refractivity contribution is 0.630. The monoisotopic (exact) mass is 280 g/mol. The Bertz CT molecular complexity index is 395. The van der Waals surface area contributed by atoms with E-state index in [-0.39, 0.29) is 5.92 Å². The highest BCUT2D eigenvalue weighted by Gasteiger charge is 2.11. The van der Waals surface area contributed by atoms with Gasteiger partial charge in [-0.15, -0.1) is 0 Å². The minimum Gasteiger partial charge on any atom is -0.373 e. The summed E-state index contributed by atoms with van der Waals surface area (Å²) in [6, 6.07) is 8.55. The topological polar surface area (TPSA) is 27.0 Å². The summed E-state index contributed by atoms with van der Waals surface area (Å²) in [6.45, 7) is 4.92. The van der Waals surface area contributed by atoms with Crippen LogP contribution >= 0.6 is 15.9 Å². The molecule has 0 spiro atoms. The Morgan fingerprint density at radius 2 is 2.19 bits per heavy atom. The van der Waals surface area contributed by atoms with Crippen molar-refractivity contribution >= 4 is 21.6 Å². The van der Waals surface area contributed by atoms with Crippen molar-refractivity contribution in [1.29, 1.82) is 5.26 Å². The molecular weight excluding hydrogens is 264 g/mol. The molecular formula is C13H17BrN2. The zero-order valence-electron chi connectivity index (χ0n) is 10.00. The zero-order valence-corrected chi connectivity index (χ0v) is 11.6. The van der Waals surface area contributed by atoms with Crippen LogP contribution in [0.5, 0.6) is 0 Å². The summed E-state index contributed by atoms with van der Waals surface area (Å²) in [5.74, 6) is 0.100. The van der Waals surface area contributed by atoms with E-state index in [4.69, 9.17) is 5.26 Å². The summed E-state index contributed by atoms with van der Waals surface area (Å²) in [4.78, 5) is 2.15. The Kier molecular flexibility index (Phi) is 4.82. The van der Waals surface area contributed by atoms with E-state index in [0.29, 0.717) is 0 Å². The van der Waals surface area contributed by atoms with E-state index < -0.39 is 0 Å². The van der Waals surface area contributed by atoms with Gasteiger partial charge in [0.25, 0.3) is 0 Å². The summed E-state index contributed by atoms with van der Waals surface area (Å²) in [7, 11) is 2.04. The fourth-order valence-electron chi connectivity index (χ4n) is 1.68. The number of halogens is 1. The molecule has 0 saturated heterocycles.